The van der Waals surface area contributed by atoms with Crippen LogP contribution >= 0.6 is 0 Å². The zero-order valence-corrected chi connectivity index (χ0v) is 15.5. The molecule has 0 saturated heterocycles. The number of carbonyl (C=O) groups is 2. The maximum atomic E-state index is 12.7. The number of allylic oxidation sites excluding steroid dienone is 1. The van der Waals surface area contributed by atoms with Crippen molar-refractivity contribution in [1.82, 2.24) is 0 Å². The zero-order valence-electron chi connectivity index (χ0n) is 15.5. The van der Waals surface area contributed by atoms with Gasteiger partial charge in [0, 0.05) is 6.07 Å². The van der Waals surface area contributed by atoms with E-state index in [9.17, 15) is 9.59 Å². The highest BCUT2D eigenvalue weighted by molar-refractivity contribution is 6.15. The summed E-state index contributed by atoms with van der Waals surface area (Å²) in [6.07, 6.45) is 1.65. The zero-order chi connectivity index (χ0) is 19.6. The second kappa shape index (κ2) is 7.50. The molecule has 0 N–H and O–H groups in total. The minimum atomic E-state index is -0.410. The number of ketones is 1. The number of hydrogen-bond donors (Lipinski definition) is 0. The molecule has 2 aromatic carbocycles. The van der Waals surface area contributed by atoms with Crippen LogP contribution in [-0.2, 0) is 4.74 Å². The molecular formula is C22H20O5. The van der Waals surface area contributed by atoms with Gasteiger partial charge >= 0.3 is 5.97 Å². The summed E-state index contributed by atoms with van der Waals surface area (Å²) in [4.78, 5) is 24.2. The Bertz CT molecular complexity index is 951. The molecular weight excluding hydrogens is 344 g/mol. The summed E-state index contributed by atoms with van der Waals surface area (Å²) in [5.74, 6) is 0.759. The first kappa shape index (κ1) is 18.5. The lowest BCUT2D eigenvalue weighted by Gasteiger charge is -2.08. The van der Waals surface area contributed by atoms with Crippen LogP contribution in [0.5, 0.6) is 11.5 Å². The van der Waals surface area contributed by atoms with Crippen LogP contribution in [0.15, 0.2) is 54.3 Å². The van der Waals surface area contributed by atoms with Crippen molar-refractivity contribution in [3.8, 4) is 11.5 Å². The summed E-state index contributed by atoms with van der Waals surface area (Å²) < 4.78 is 16.1. The van der Waals surface area contributed by atoms with E-state index in [-0.39, 0.29) is 11.5 Å². The van der Waals surface area contributed by atoms with Gasteiger partial charge in [0.25, 0.3) is 0 Å². The number of fused-ring (bicyclic) bond motifs is 1. The predicted molar refractivity (Wildman–Crippen MR) is 102 cm³/mol. The molecule has 2 aromatic rings. The molecule has 0 atom stereocenters. The van der Waals surface area contributed by atoms with Crippen molar-refractivity contribution in [2.24, 2.45) is 0 Å². The first-order valence-electron chi connectivity index (χ1n) is 8.43. The van der Waals surface area contributed by atoms with Crippen molar-refractivity contribution < 1.29 is 23.8 Å². The maximum absolute atomic E-state index is 12.7. The first-order valence-corrected chi connectivity index (χ1v) is 8.43. The number of ether oxygens (including phenoxy) is 3. The Morgan fingerprint density at radius 3 is 2.56 bits per heavy atom. The van der Waals surface area contributed by atoms with Gasteiger partial charge in [0.05, 0.1) is 18.2 Å². The van der Waals surface area contributed by atoms with Crippen LogP contribution in [-0.4, -0.2) is 25.5 Å². The van der Waals surface area contributed by atoms with Crippen LogP contribution in [0, 0.1) is 6.92 Å². The lowest BCUT2D eigenvalue weighted by atomic mass is 10.0. The predicted octanol–water partition coefficient (Wildman–Crippen LogP) is 4.35. The highest BCUT2D eigenvalue weighted by Crippen LogP contribution is 2.37. The van der Waals surface area contributed by atoms with E-state index in [1.807, 2.05) is 19.9 Å². The molecule has 0 aliphatic carbocycles. The molecule has 1 aliphatic heterocycles. The number of hydrogen-bond acceptors (Lipinski definition) is 5. The minimum Gasteiger partial charge on any atom is -0.489 e. The first-order chi connectivity index (χ1) is 12.9. The number of methoxy groups -OCH3 is 1. The van der Waals surface area contributed by atoms with Crippen LogP contribution in [0.3, 0.4) is 0 Å². The summed E-state index contributed by atoms with van der Waals surface area (Å²) in [5.41, 5.74) is 3.42. The van der Waals surface area contributed by atoms with Gasteiger partial charge in [-0.05, 0) is 54.8 Å². The van der Waals surface area contributed by atoms with Gasteiger partial charge in [0.2, 0.25) is 5.78 Å². The molecule has 0 fully saturated rings. The molecule has 0 spiro atoms. The Labute approximate surface area is 157 Å². The molecule has 1 aliphatic rings. The van der Waals surface area contributed by atoms with E-state index in [0.29, 0.717) is 29.2 Å². The Kier molecular flexibility index (Phi) is 5.12. The van der Waals surface area contributed by atoms with Crippen LogP contribution in [0.1, 0.15) is 38.8 Å². The van der Waals surface area contributed by atoms with E-state index >= 15 is 0 Å². The van der Waals surface area contributed by atoms with E-state index in [1.54, 1.807) is 36.4 Å². The molecule has 0 aromatic heterocycles. The van der Waals surface area contributed by atoms with E-state index in [0.717, 1.165) is 16.7 Å². The highest BCUT2D eigenvalue weighted by Gasteiger charge is 2.30. The highest BCUT2D eigenvalue weighted by atomic mass is 16.5. The molecule has 0 bridgehead atoms. The van der Waals surface area contributed by atoms with Crippen LogP contribution in [0.2, 0.25) is 0 Å². The van der Waals surface area contributed by atoms with E-state index in [1.165, 1.54) is 7.11 Å². The topological polar surface area (TPSA) is 61.8 Å². The molecule has 0 radical (unpaired) electrons. The number of Topliss-reactive ketones (excluding diaryl/α,β-unsaturated/α-hetero) is 1. The maximum Gasteiger partial charge on any atom is 0.337 e. The lowest BCUT2D eigenvalue weighted by molar-refractivity contribution is 0.0600. The summed E-state index contributed by atoms with van der Waals surface area (Å²) in [5, 5.41) is 0. The molecule has 5 nitrogen and oxygen atoms in total. The molecule has 1 heterocycles. The third-order valence-electron chi connectivity index (χ3n) is 4.06. The van der Waals surface area contributed by atoms with Crippen molar-refractivity contribution in [2.75, 3.05) is 13.7 Å². The number of rotatable bonds is 5. The van der Waals surface area contributed by atoms with E-state index in [4.69, 9.17) is 9.47 Å². The number of esters is 1. The lowest BCUT2D eigenvalue weighted by Crippen LogP contribution is -2.01. The molecule has 27 heavy (non-hydrogen) atoms. The summed E-state index contributed by atoms with van der Waals surface area (Å²) >= 11 is 0. The number of benzene rings is 2. The Balaban J connectivity index is 1.85. The molecule has 5 heteroatoms. The van der Waals surface area contributed by atoms with Crippen LogP contribution in [0.25, 0.3) is 6.08 Å². The summed E-state index contributed by atoms with van der Waals surface area (Å²) in [6, 6.07) is 10.3. The van der Waals surface area contributed by atoms with E-state index < -0.39 is 5.97 Å². The van der Waals surface area contributed by atoms with Crippen LogP contribution < -0.4 is 9.47 Å². The minimum absolute atomic E-state index is 0.175. The monoisotopic (exact) mass is 364 g/mol. The smallest absolute Gasteiger partial charge is 0.337 e. The largest absolute Gasteiger partial charge is 0.489 e. The third-order valence-corrected chi connectivity index (χ3v) is 4.06. The number of carbonyl (C=O) groups excluding carboxylic acids is 2. The molecule has 0 unspecified atom stereocenters. The van der Waals surface area contributed by atoms with Crippen molar-refractivity contribution >= 4 is 17.8 Å². The van der Waals surface area contributed by atoms with Gasteiger partial charge in [-0.3, -0.25) is 4.79 Å². The normalized spacial score (nSPS) is 13.9. The summed E-state index contributed by atoms with van der Waals surface area (Å²) in [6.45, 7) is 7.94. The van der Waals surface area contributed by atoms with Gasteiger partial charge in [-0.15, -0.1) is 0 Å². The second-order valence-electron chi connectivity index (χ2n) is 6.41. The van der Waals surface area contributed by atoms with Crippen molar-refractivity contribution in [2.45, 2.75) is 13.8 Å². The van der Waals surface area contributed by atoms with Crippen molar-refractivity contribution in [1.29, 1.82) is 0 Å². The quantitative estimate of drug-likeness (QED) is 0.448. The van der Waals surface area contributed by atoms with Gasteiger partial charge < -0.3 is 14.2 Å². The summed E-state index contributed by atoms with van der Waals surface area (Å²) in [7, 11) is 1.33. The SMILES string of the molecule is C=C(C)COc1cc(C)c2c(c1)O/C(=C\c1ccc(C(=O)OC)cc1)C2=O. The Morgan fingerprint density at radius 1 is 1.22 bits per heavy atom. The van der Waals surface area contributed by atoms with Gasteiger partial charge in [-0.1, -0.05) is 18.7 Å². The Hall–Kier alpha value is -3.34. The second-order valence-corrected chi connectivity index (χ2v) is 6.41. The van der Waals surface area contributed by atoms with Gasteiger partial charge in [0.1, 0.15) is 18.1 Å². The molecule has 138 valence electrons. The van der Waals surface area contributed by atoms with Crippen molar-refractivity contribution in [3.63, 3.8) is 0 Å². The van der Waals surface area contributed by atoms with Crippen molar-refractivity contribution in [3.05, 3.63) is 76.6 Å². The Morgan fingerprint density at radius 2 is 1.93 bits per heavy atom. The molecule has 3 rings (SSSR count). The third kappa shape index (κ3) is 3.92. The fourth-order valence-corrected chi connectivity index (χ4v) is 2.75. The fraction of sp³-hybridized carbons (Fsp3) is 0.182. The number of aryl methyl sites for hydroxylation is 1. The average Bonchev–Trinajstić information content (AvgIpc) is 2.96. The molecule has 0 saturated carbocycles. The van der Waals surface area contributed by atoms with Gasteiger partial charge in [0.15, 0.2) is 5.76 Å². The molecule has 0 amide bonds. The standard InChI is InChI=1S/C22H20O5/c1-13(2)12-26-17-9-14(3)20-18(11-17)27-19(21(20)23)10-15-5-7-16(8-6-15)22(24)25-4/h5-11H,1,12H2,2-4H3/b19-10-. The fourth-order valence-electron chi connectivity index (χ4n) is 2.75. The van der Waals surface area contributed by atoms with Gasteiger partial charge in [-0.2, -0.15) is 0 Å². The van der Waals surface area contributed by atoms with Crippen LogP contribution in [0.4, 0.5) is 0 Å². The van der Waals surface area contributed by atoms with Gasteiger partial charge in [-0.25, -0.2) is 4.79 Å². The van der Waals surface area contributed by atoms with E-state index in [2.05, 4.69) is 11.3 Å². The average molecular weight is 364 g/mol.